The maximum atomic E-state index is 14.4. The minimum atomic E-state index is -0.497. The number of halogens is 2. The molecule has 4 nitrogen and oxygen atoms in total. The van der Waals surface area contributed by atoms with Crippen molar-refractivity contribution in [1.82, 2.24) is 10.2 Å². The molecule has 0 aliphatic heterocycles. The fraction of sp³-hybridized carbons (Fsp3) is 0.143. The molecule has 0 spiro atoms. The number of primary amides is 1. The number of nitrogens with zero attached hydrogens (tertiary/aromatic N) is 1. The van der Waals surface area contributed by atoms with Gasteiger partial charge in [-0.05, 0) is 70.4 Å². The highest BCUT2D eigenvalue weighted by Crippen LogP contribution is 2.45. The number of rotatable bonds is 6. The van der Waals surface area contributed by atoms with E-state index in [1.54, 1.807) is 6.08 Å². The van der Waals surface area contributed by atoms with Crippen molar-refractivity contribution in [2.45, 2.75) is 19.3 Å². The molecule has 4 aromatic rings. The SMILES string of the molecule is Cl.NC(=O)C=Cc1ccc(/C(=C(\c2ccccc2)C2CCC2)c2ccc3[nH]nc(F)c3c2)cc1. The molecule has 1 aliphatic rings. The first kappa shape index (κ1) is 23.5. The van der Waals surface area contributed by atoms with Crippen LogP contribution in [0.3, 0.4) is 0 Å². The Bertz CT molecular complexity index is 1370. The lowest BCUT2D eigenvalue weighted by Gasteiger charge is -2.31. The highest BCUT2D eigenvalue weighted by atomic mass is 35.5. The van der Waals surface area contributed by atoms with Gasteiger partial charge in [-0.15, -0.1) is 17.5 Å². The maximum Gasteiger partial charge on any atom is 0.241 e. The van der Waals surface area contributed by atoms with Crippen molar-refractivity contribution in [2.75, 3.05) is 0 Å². The highest BCUT2D eigenvalue weighted by Gasteiger charge is 2.27. The number of amides is 1. The van der Waals surface area contributed by atoms with E-state index in [-0.39, 0.29) is 12.4 Å². The first-order valence-corrected chi connectivity index (χ1v) is 11.1. The number of nitrogens with two attached hydrogens (primary N) is 1. The van der Waals surface area contributed by atoms with Gasteiger partial charge < -0.3 is 5.73 Å². The minimum Gasteiger partial charge on any atom is -0.366 e. The smallest absolute Gasteiger partial charge is 0.241 e. The van der Waals surface area contributed by atoms with Crippen LogP contribution in [0, 0.1) is 11.9 Å². The second-order valence-corrected chi connectivity index (χ2v) is 8.42. The summed E-state index contributed by atoms with van der Waals surface area (Å²) in [6.07, 6.45) is 6.53. The first-order valence-electron chi connectivity index (χ1n) is 11.1. The van der Waals surface area contributed by atoms with Crippen LogP contribution in [0.1, 0.15) is 41.5 Å². The average Bonchev–Trinajstić information content (AvgIpc) is 3.17. The molecule has 0 radical (unpaired) electrons. The van der Waals surface area contributed by atoms with E-state index in [1.807, 2.05) is 48.5 Å². The van der Waals surface area contributed by atoms with Crippen LogP contribution in [0.5, 0.6) is 0 Å². The predicted octanol–water partition coefficient (Wildman–Crippen LogP) is 6.38. The molecule has 1 saturated carbocycles. The number of nitrogens with one attached hydrogen (secondary N) is 1. The van der Waals surface area contributed by atoms with Crippen LogP contribution in [0.2, 0.25) is 0 Å². The van der Waals surface area contributed by atoms with Gasteiger partial charge in [0.15, 0.2) is 0 Å². The van der Waals surface area contributed by atoms with Crippen molar-refractivity contribution in [3.05, 3.63) is 107 Å². The number of fused-ring (bicyclic) bond motifs is 1. The number of hydrogen-bond donors (Lipinski definition) is 2. The number of carbonyl (C=O) groups is 1. The van der Waals surface area contributed by atoms with Crippen molar-refractivity contribution in [3.63, 3.8) is 0 Å². The molecule has 1 aromatic heterocycles. The summed E-state index contributed by atoms with van der Waals surface area (Å²) < 4.78 is 14.4. The number of hydrogen-bond acceptors (Lipinski definition) is 2. The fourth-order valence-electron chi connectivity index (χ4n) is 4.45. The number of aromatic nitrogens is 2. The average molecular weight is 474 g/mol. The van der Waals surface area contributed by atoms with Gasteiger partial charge in [-0.1, -0.05) is 67.1 Å². The molecule has 1 aliphatic carbocycles. The van der Waals surface area contributed by atoms with Crippen LogP contribution in [-0.4, -0.2) is 16.1 Å². The van der Waals surface area contributed by atoms with E-state index < -0.39 is 11.9 Å². The normalized spacial score (nSPS) is 14.5. The topological polar surface area (TPSA) is 71.8 Å². The van der Waals surface area contributed by atoms with Crippen molar-refractivity contribution in [1.29, 1.82) is 0 Å². The van der Waals surface area contributed by atoms with Crippen molar-refractivity contribution in [2.24, 2.45) is 11.7 Å². The second kappa shape index (κ2) is 10.1. The standard InChI is InChI=1S/C28H24FN3O.ClH/c29-28-23-17-22(14-15-24(23)31-32-28)27(21-12-9-18(10-13-21)11-16-25(30)33)26(20-7-4-8-20)19-5-2-1-3-6-19;/h1-3,5-6,9-17,20H,4,7-8H2,(H2,30,33)(H,31,32);1H/b16-11?,27-26-;. The van der Waals surface area contributed by atoms with Crippen LogP contribution in [-0.2, 0) is 4.79 Å². The molecule has 5 rings (SSSR count). The number of allylic oxidation sites excluding steroid dienone is 1. The molecule has 34 heavy (non-hydrogen) atoms. The van der Waals surface area contributed by atoms with E-state index in [2.05, 4.69) is 34.5 Å². The van der Waals surface area contributed by atoms with E-state index in [4.69, 9.17) is 5.73 Å². The van der Waals surface area contributed by atoms with Gasteiger partial charge in [-0.2, -0.15) is 4.39 Å². The molecule has 3 aromatic carbocycles. The van der Waals surface area contributed by atoms with Gasteiger partial charge in [-0.3, -0.25) is 9.89 Å². The molecule has 1 fully saturated rings. The van der Waals surface area contributed by atoms with Gasteiger partial charge in [0.05, 0.1) is 10.9 Å². The van der Waals surface area contributed by atoms with Crippen molar-refractivity contribution < 1.29 is 9.18 Å². The summed E-state index contributed by atoms with van der Waals surface area (Å²) in [7, 11) is 0. The Balaban J connectivity index is 0.00000274. The van der Waals surface area contributed by atoms with Crippen LogP contribution in [0.25, 0.3) is 28.1 Å². The Morgan fingerprint density at radius 2 is 1.68 bits per heavy atom. The summed E-state index contributed by atoms with van der Waals surface area (Å²) in [5.41, 5.74) is 12.3. The Hall–Kier alpha value is -3.70. The highest BCUT2D eigenvalue weighted by molar-refractivity contribution is 6.01. The summed E-state index contributed by atoms with van der Waals surface area (Å²) in [5.74, 6) is -0.531. The summed E-state index contributed by atoms with van der Waals surface area (Å²) in [6, 6.07) is 24.3. The van der Waals surface area contributed by atoms with E-state index in [0.29, 0.717) is 16.8 Å². The Morgan fingerprint density at radius 3 is 2.32 bits per heavy atom. The van der Waals surface area contributed by atoms with Gasteiger partial charge in [0.2, 0.25) is 11.9 Å². The van der Waals surface area contributed by atoms with E-state index >= 15 is 0 Å². The lowest BCUT2D eigenvalue weighted by molar-refractivity contribution is -0.113. The molecular formula is C28H25ClFN3O. The third-order valence-corrected chi connectivity index (χ3v) is 6.31. The molecule has 172 valence electrons. The Morgan fingerprint density at radius 1 is 0.971 bits per heavy atom. The number of aromatic amines is 1. The monoisotopic (exact) mass is 473 g/mol. The molecule has 0 atom stereocenters. The van der Waals surface area contributed by atoms with Crippen LogP contribution in [0.4, 0.5) is 4.39 Å². The zero-order valence-corrected chi connectivity index (χ0v) is 19.3. The number of H-pyrrole nitrogens is 1. The van der Waals surface area contributed by atoms with E-state index in [9.17, 15) is 9.18 Å². The molecule has 6 heteroatoms. The lowest BCUT2D eigenvalue weighted by atomic mass is 9.73. The third-order valence-electron chi connectivity index (χ3n) is 6.31. The summed E-state index contributed by atoms with van der Waals surface area (Å²) in [4.78, 5) is 11.1. The van der Waals surface area contributed by atoms with E-state index in [1.165, 1.54) is 23.6 Å². The van der Waals surface area contributed by atoms with Gasteiger partial charge in [0, 0.05) is 6.08 Å². The van der Waals surface area contributed by atoms with Crippen LogP contribution < -0.4 is 5.73 Å². The molecule has 0 saturated heterocycles. The second-order valence-electron chi connectivity index (χ2n) is 8.42. The molecule has 3 N–H and O–H groups in total. The quantitative estimate of drug-likeness (QED) is 0.252. The summed E-state index contributed by atoms with van der Waals surface area (Å²) in [6.45, 7) is 0. The summed E-state index contributed by atoms with van der Waals surface area (Å²) >= 11 is 0. The zero-order valence-electron chi connectivity index (χ0n) is 18.5. The maximum absolute atomic E-state index is 14.4. The Labute approximate surface area is 203 Å². The van der Waals surface area contributed by atoms with Crippen molar-refractivity contribution in [3.8, 4) is 0 Å². The fourth-order valence-corrected chi connectivity index (χ4v) is 4.45. The largest absolute Gasteiger partial charge is 0.366 e. The van der Waals surface area contributed by atoms with Crippen molar-refractivity contribution >= 4 is 46.4 Å². The molecule has 1 amide bonds. The molecule has 0 unspecified atom stereocenters. The van der Waals surface area contributed by atoms with Gasteiger partial charge in [0.25, 0.3) is 0 Å². The van der Waals surface area contributed by atoms with Gasteiger partial charge in [0.1, 0.15) is 0 Å². The van der Waals surface area contributed by atoms with Crippen LogP contribution in [0.15, 0.2) is 78.9 Å². The number of benzene rings is 3. The van der Waals surface area contributed by atoms with E-state index in [0.717, 1.165) is 35.1 Å². The summed E-state index contributed by atoms with van der Waals surface area (Å²) in [5, 5.41) is 6.95. The molecule has 1 heterocycles. The predicted molar refractivity (Wildman–Crippen MR) is 138 cm³/mol. The molecular weight excluding hydrogens is 449 g/mol. The first-order chi connectivity index (χ1) is 16.1. The number of carbonyl (C=O) groups excluding carboxylic acids is 1. The minimum absolute atomic E-state index is 0. The third kappa shape index (κ3) is 4.66. The van der Waals surface area contributed by atoms with Gasteiger partial charge in [-0.25, -0.2) is 0 Å². The Kier molecular flexibility index (Phi) is 6.94. The zero-order chi connectivity index (χ0) is 22.8. The van der Waals surface area contributed by atoms with Gasteiger partial charge >= 0.3 is 0 Å². The lowest BCUT2D eigenvalue weighted by Crippen LogP contribution is -2.15. The van der Waals surface area contributed by atoms with Crippen LogP contribution >= 0.6 is 12.4 Å². The molecule has 0 bridgehead atoms.